The molecule has 0 amide bonds. The minimum Gasteiger partial charge on any atom is -0.383 e. The maximum atomic E-state index is 5.88. The number of nitrogens with two attached hydrogens (primary N) is 1. The largest absolute Gasteiger partial charge is 0.383 e. The molecule has 0 radical (unpaired) electrons. The van der Waals surface area contributed by atoms with E-state index in [0.29, 0.717) is 12.2 Å². The number of halogens is 1. The summed E-state index contributed by atoms with van der Waals surface area (Å²) >= 11 is 3.42. The summed E-state index contributed by atoms with van der Waals surface area (Å²) < 4.78 is 0.818. The maximum Gasteiger partial charge on any atom is 0.141 e. The molecule has 1 aromatic carbocycles. The van der Waals surface area contributed by atoms with Crippen molar-refractivity contribution in [1.29, 1.82) is 0 Å². The van der Waals surface area contributed by atoms with Crippen molar-refractivity contribution in [3.8, 4) is 0 Å². The summed E-state index contributed by atoms with van der Waals surface area (Å²) in [5.74, 6) is 1.29. The van der Waals surface area contributed by atoms with Crippen molar-refractivity contribution in [1.82, 2.24) is 9.97 Å². The molecule has 1 heterocycles. The summed E-state index contributed by atoms with van der Waals surface area (Å²) in [6.45, 7) is 4.14. The van der Waals surface area contributed by atoms with Gasteiger partial charge in [0.2, 0.25) is 0 Å². The van der Waals surface area contributed by atoms with Crippen LogP contribution >= 0.6 is 15.9 Å². The van der Waals surface area contributed by atoms with Gasteiger partial charge in [0, 0.05) is 6.42 Å². The van der Waals surface area contributed by atoms with Crippen molar-refractivity contribution in [3.05, 3.63) is 51.4 Å². The second-order valence-corrected chi connectivity index (χ2v) is 5.10. The highest BCUT2D eigenvalue weighted by Gasteiger charge is 2.09. The second-order valence-electron chi connectivity index (χ2n) is 4.31. The molecule has 2 rings (SSSR count). The van der Waals surface area contributed by atoms with Crippen molar-refractivity contribution in [3.63, 3.8) is 0 Å². The van der Waals surface area contributed by atoms with Crippen molar-refractivity contribution < 1.29 is 0 Å². The Morgan fingerprint density at radius 1 is 1.28 bits per heavy atom. The van der Waals surface area contributed by atoms with Crippen molar-refractivity contribution >= 4 is 21.7 Å². The average molecular weight is 306 g/mol. The number of anilines is 1. The normalized spacial score (nSPS) is 10.6. The first-order valence-corrected chi connectivity index (χ1v) is 6.75. The van der Waals surface area contributed by atoms with Gasteiger partial charge in [0.1, 0.15) is 11.6 Å². The fourth-order valence-corrected chi connectivity index (χ4v) is 2.34. The van der Waals surface area contributed by atoms with Crippen LogP contribution in [0.5, 0.6) is 0 Å². The Morgan fingerprint density at radius 2 is 2.06 bits per heavy atom. The molecule has 0 atom stereocenters. The fourth-order valence-electron chi connectivity index (χ4n) is 1.88. The van der Waals surface area contributed by atoms with Gasteiger partial charge in [-0.25, -0.2) is 9.97 Å². The molecular formula is C14H16BrN3. The van der Waals surface area contributed by atoms with E-state index in [0.717, 1.165) is 22.4 Å². The highest BCUT2D eigenvalue weighted by Crippen LogP contribution is 2.22. The summed E-state index contributed by atoms with van der Waals surface area (Å²) in [7, 11) is 0. The maximum absolute atomic E-state index is 5.88. The van der Waals surface area contributed by atoms with Gasteiger partial charge in [0.05, 0.1) is 10.2 Å². The van der Waals surface area contributed by atoms with Crippen molar-refractivity contribution in [2.45, 2.75) is 26.7 Å². The first-order valence-electron chi connectivity index (χ1n) is 5.96. The molecule has 0 saturated carbocycles. The monoisotopic (exact) mass is 305 g/mol. The van der Waals surface area contributed by atoms with Crippen LogP contribution in [0, 0.1) is 6.92 Å². The Morgan fingerprint density at radius 3 is 2.72 bits per heavy atom. The number of aryl methyl sites for hydroxylation is 2. The van der Waals surface area contributed by atoms with Crippen molar-refractivity contribution in [2.75, 3.05) is 5.73 Å². The molecule has 0 aliphatic carbocycles. The third kappa shape index (κ3) is 2.88. The van der Waals surface area contributed by atoms with Gasteiger partial charge in [-0.1, -0.05) is 36.8 Å². The molecule has 3 nitrogen and oxygen atoms in total. The molecular weight excluding hydrogens is 290 g/mol. The summed E-state index contributed by atoms with van der Waals surface area (Å²) in [6.07, 6.45) is 1.56. The summed E-state index contributed by atoms with van der Waals surface area (Å²) in [4.78, 5) is 8.86. The van der Waals surface area contributed by atoms with Crippen LogP contribution < -0.4 is 5.73 Å². The van der Waals surface area contributed by atoms with Gasteiger partial charge in [0.15, 0.2) is 0 Å². The molecule has 0 unspecified atom stereocenters. The van der Waals surface area contributed by atoms with Crippen LogP contribution in [0.4, 0.5) is 5.82 Å². The average Bonchev–Trinajstić information content (AvgIpc) is 2.33. The third-order valence-electron chi connectivity index (χ3n) is 2.77. The number of nitrogen functional groups attached to an aromatic ring is 1. The number of hydrogen-bond donors (Lipinski definition) is 1. The molecule has 0 saturated heterocycles. The minimum absolute atomic E-state index is 0.518. The van der Waals surface area contributed by atoms with Gasteiger partial charge in [-0.15, -0.1) is 0 Å². The molecule has 94 valence electrons. The fraction of sp³-hybridized carbons (Fsp3) is 0.286. The number of aromatic nitrogens is 2. The summed E-state index contributed by atoms with van der Waals surface area (Å²) in [5.41, 5.74) is 9.30. The Labute approximate surface area is 116 Å². The van der Waals surface area contributed by atoms with Crippen LogP contribution in [0.2, 0.25) is 0 Å². The van der Waals surface area contributed by atoms with E-state index in [1.54, 1.807) is 0 Å². The predicted octanol–water partition coefficient (Wildman–Crippen LogP) is 3.28. The smallest absolute Gasteiger partial charge is 0.141 e. The molecule has 0 fully saturated rings. The molecule has 4 heteroatoms. The Bertz CT molecular complexity index is 567. The van der Waals surface area contributed by atoms with E-state index in [2.05, 4.69) is 57.9 Å². The van der Waals surface area contributed by atoms with Crippen LogP contribution in [0.25, 0.3) is 0 Å². The lowest BCUT2D eigenvalue weighted by Crippen LogP contribution is -2.05. The van der Waals surface area contributed by atoms with Crippen LogP contribution in [0.3, 0.4) is 0 Å². The van der Waals surface area contributed by atoms with E-state index in [-0.39, 0.29) is 0 Å². The van der Waals surface area contributed by atoms with Crippen LogP contribution in [0.1, 0.15) is 29.6 Å². The molecule has 0 aliphatic heterocycles. The summed E-state index contributed by atoms with van der Waals surface area (Å²) in [5, 5.41) is 0. The predicted molar refractivity (Wildman–Crippen MR) is 77.5 cm³/mol. The zero-order chi connectivity index (χ0) is 13.1. The van der Waals surface area contributed by atoms with E-state index >= 15 is 0 Å². The molecule has 0 bridgehead atoms. The number of hydrogen-bond acceptors (Lipinski definition) is 3. The summed E-state index contributed by atoms with van der Waals surface area (Å²) in [6, 6.07) is 8.36. The molecule has 18 heavy (non-hydrogen) atoms. The Balaban J connectivity index is 2.32. The Kier molecular flexibility index (Phi) is 3.97. The lowest BCUT2D eigenvalue weighted by molar-refractivity contribution is 0.901. The lowest BCUT2D eigenvalue weighted by Gasteiger charge is -2.08. The van der Waals surface area contributed by atoms with Crippen LogP contribution in [-0.4, -0.2) is 9.97 Å². The highest BCUT2D eigenvalue weighted by molar-refractivity contribution is 9.10. The molecule has 2 N–H and O–H groups in total. The first kappa shape index (κ1) is 13.0. The lowest BCUT2D eigenvalue weighted by atomic mass is 10.1. The van der Waals surface area contributed by atoms with Gasteiger partial charge in [-0.3, -0.25) is 0 Å². The third-order valence-corrected chi connectivity index (χ3v) is 3.64. The standard InChI is InChI=1S/C14H16BrN3/c1-3-11-13(15)14(16)18-12(17-11)8-10-6-4-5-9(2)7-10/h4-7H,3,8H2,1-2H3,(H2,16,17,18). The minimum atomic E-state index is 0.518. The van der Waals surface area contributed by atoms with Crippen LogP contribution in [-0.2, 0) is 12.8 Å². The zero-order valence-corrected chi connectivity index (χ0v) is 12.2. The van der Waals surface area contributed by atoms with Gasteiger partial charge >= 0.3 is 0 Å². The number of rotatable bonds is 3. The van der Waals surface area contributed by atoms with Gasteiger partial charge in [-0.2, -0.15) is 0 Å². The molecule has 2 aromatic rings. The van der Waals surface area contributed by atoms with E-state index < -0.39 is 0 Å². The zero-order valence-electron chi connectivity index (χ0n) is 10.6. The second kappa shape index (κ2) is 5.48. The van der Waals surface area contributed by atoms with E-state index in [1.165, 1.54) is 11.1 Å². The quantitative estimate of drug-likeness (QED) is 0.946. The van der Waals surface area contributed by atoms with E-state index in [9.17, 15) is 0 Å². The number of nitrogens with zero attached hydrogens (tertiary/aromatic N) is 2. The first-order chi connectivity index (χ1) is 8.60. The Hall–Kier alpha value is -1.42. The molecule has 1 aromatic heterocycles. The highest BCUT2D eigenvalue weighted by atomic mass is 79.9. The SMILES string of the molecule is CCc1nc(Cc2cccc(C)c2)nc(N)c1Br. The van der Waals surface area contributed by atoms with Crippen molar-refractivity contribution in [2.24, 2.45) is 0 Å². The number of benzene rings is 1. The van der Waals surface area contributed by atoms with Gasteiger partial charge < -0.3 is 5.73 Å². The van der Waals surface area contributed by atoms with Crippen LogP contribution in [0.15, 0.2) is 28.7 Å². The van der Waals surface area contributed by atoms with Gasteiger partial charge in [0.25, 0.3) is 0 Å². The van der Waals surface area contributed by atoms with E-state index in [4.69, 9.17) is 5.73 Å². The van der Waals surface area contributed by atoms with Gasteiger partial charge in [-0.05, 0) is 34.8 Å². The molecule has 0 aliphatic rings. The van der Waals surface area contributed by atoms with E-state index in [1.807, 2.05) is 6.07 Å². The molecule has 0 spiro atoms. The topological polar surface area (TPSA) is 51.8 Å².